The van der Waals surface area contributed by atoms with Crippen molar-refractivity contribution in [1.82, 2.24) is 0 Å². The number of carbonyl (C=O) groups is 2. The molecule has 5 heteroatoms. The van der Waals surface area contributed by atoms with Gasteiger partial charge in [-0.2, -0.15) is 0 Å². The predicted octanol–water partition coefficient (Wildman–Crippen LogP) is 3.70. The number of ether oxygens (including phenoxy) is 2. The highest BCUT2D eigenvalue weighted by atomic mass is 16.5. The smallest absolute Gasteiger partial charge is 0.320 e. The first-order valence-corrected chi connectivity index (χ1v) is 8.54. The molecule has 5 nitrogen and oxygen atoms in total. The lowest BCUT2D eigenvalue weighted by atomic mass is 9.98. The van der Waals surface area contributed by atoms with Crippen LogP contribution >= 0.6 is 0 Å². The lowest BCUT2D eigenvalue weighted by Crippen LogP contribution is -2.29. The molecular weight excluding hydrogens is 308 g/mol. The molecule has 0 spiro atoms. The quantitative estimate of drug-likeness (QED) is 0.493. The summed E-state index contributed by atoms with van der Waals surface area (Å²) in [6.45, 7) is 4.47. The van der Waals surface area contributed by atoms with Crippen molar-refractivity contribution in [3.63, 3.8) is 0 Å². The van der Waals surface area contributed by atoms with Crippen LogP contribution in [0.3, 0.4) is 0 Å². The molecule has 0 aliphatic rings. The van der Waals surface area contributed by atoms with E-state index in [1.807, 2.05) is 0 Å². The first kappa shape index (κ1) is 20.0. The van der Waals surface area contributed by atoms with Gasteiger partial charge in [-0.15, -0.1) is 0 Å². The van der Waals surface area contributed by atoms with E-state index in [9.17, 15) is 14.7 Å². The van der Waals surface area contributed by atoms with Crippen molar-refractivity contribution < 1.29 is 24.2 Å². The highest BCUT2D eigenvalue weighted by molar-refractivity contribution is 5.94. The zero-order chi connectivity index (χ0) is 17.9. The molecule has 0 fully saturated rings. The molecule has 134 valence electrons. The van der Waals surface area contributed by atoms with Crippen LogP contribution in [0.1, 0.15) is 45.1 Å². The van der Waals surface area contributed by atoms with Gasteiger partial charge in [0.15, 0.2) is 5.92 Å². The normalized spacial score (nSPS) is 13.1. The minimum Gasteiger partial charge on any atom is -0.497 e. The van der Waals surface area contributed by atoms with Gasteiger partial charge < -0.3 is 14.6 Å². The van der Waals surface area contributed by atoms with Gasteiger partial charge >= 0.3 is 11.9 Å². The lowest BCUT2D eigenvalue weighted by molar-refractivity contribution is -0.159. The number of hydrogen-bond donors (Lipinski definition) is 1. The van der Waals surface area contributed by atoms with Crippen LogP contribution < -0.4 is 4.74 Å². The molecule has 24 heavy (non-hydrogen) atoms. The Morgan fingerprint density at radius 1 is 1.17 bits per heavy atom. The molecule has 0 heterocycles. The van der Waals surface area contributed by atoms with Crippen molar-refractivity contribution in [1.29, 1.82) is 0 Å². The van der Waals surface area contributed by atoms with Crippen molar-refractivity contribution in [2.75, 3.05) is 13.7 Å². The monoisotopic (exact) mass is 336 g/mol. The van der Waals surface area contributed by atoms with Crippen molar-refractivity contribution in [2.45, 2.75) is 46.0 Å². The van der Waals surface area contributed by atoms with Crippen LogP contribution in [0.15, 0.2) is 24.3 Å². The molecule has 1 N–H and O–H groups in total. The molecule has 2 unspecified atom stereocenters. The van der Waals surface area contributed by atoms with E-state index in [2.05, 4.69) is 13.8 Å². The molecule has 0 radical (unpaired) electrons. The Morgan fingerprint density at radius 2 is 1.83 bits per heavy atom. The average Bonchev–Trinajstić information content (AvgIpc) is 2.59. The third-order valence-corrected chi connectivity index (χ3v) is 4.19. The molecule has 0 saturated carbocycles. The summed E-state index contributed by atoms with van der Waals surface area (Å²) in [4.78, 5) is 23.6. The summed E-state index contributed by atoms with van der Waals surface area (Å²) in [5, 5.41) is 9.34. The maximum Gasteiger partial charge on any atom is 0.320 e. The van der Waals surface area contributed by atoms with E-state index in [0.29, 0.717) is 18.3 Å². The van der Waals surface area contributed by atoms with Gasteiger partial charge in [-0.3, -0.25) is 9.59 Å². The Morgan fingerprint density at radius 3 is 2.33 bits per heavy atom. The molecule has 2 atom stereocenters. The fraction of sp³-hybridized carbons (Fsp3) is 0.579. The third kappa shape index (κ3) is 6.60. The fourth-order valence-corrected chi connectivity index (χ4v) is 2.47. The summed E-state index contributed by atoms with van der Waals surface area (Å²) in [6, 6.07) is 7.02. The van der Waals surface area contributed by atoms with Crippen LogP contribution in [-0.2, 0) is 20.7 Å². The van der Waals surface area contributed by atoms with Gasteiger partial charge in [-0.1, -0.05) is 45.2 Å². The number of carboxylic acids is 1. The molecule has 0 aliphatic carbocycles. The van der Waals surface area contributed by atoms with Crippen molar-refractivity contribution >= 4 is 11.9 Å². The van der Waals surface area contributed by atoms with E-state index in [1.165, 1.54) is 0 Å². The Balaban J connectivity index is 2.62. The van der Waals surface area contributed by atoms with Gasteiger partial charge in [-0.05, 0) is 36.5 Å². The van der Waals surface area contributed by atoms with Crippen molar-refractivity contribution in [2.24, 2.45) is 11.8 Å². The van der Waals surface area contributed by atoms with Gasteiger partial charge in [-0.25, -0.2) is 0 Å². The number of carboxylic acid groups (broad SMARTS) is 1. The van der Waals surface area contributed by atoms with E-state index in [0.717, 1.165) is 31.2 Å². The first-order valence-electron chi connectivity index (χ1n) is 8.54. The fourth-order valence-electron chi connectivity index (χ4n) is 2.47. The summed E-state index contributed by atoms with van der Waals surface area (Å²) >= 11 is 0. The number of carbonyl (C=O) groups excluding carboxylic acids is 1. The number of hydrogen-bond acceptors (Lipinski definition) is 4. The van der Waals surface area contributed by atoms with Gasteiger partial charge in [0.25, 0.3) is 0 Å². The SMILES string of the molecule is CCCCC(CC)COC(=O)C(Cc1ccc(OC)cc1)C(=O)O. The minimum atomic E-state index is -1.18. The second-order valence-electron chi connectivity index (χ2n) is 5.99. The number of benzene rings is 1. The number of esters is 1. The average molecular weight is 336 g/mol. The second-order valence-corrected chi connectivity index (χ2v) is 5.99. The highest BCUT2D eigenvalue weighted by Crippen LogP contribution is 2.18. The number of unbranched alkanes of at least 4 members (excludes halogenated alkanes) is 1. The summed E-state index contributed by atoms with van der Waals surface area (Å²) in [5.41, 5.74) is 0.762. The number of methoxy groups -OCH3 is 1. The Bertz CT molecular complexity index is 509. The third-order valence-electron chi connectivity index (χ3n) is 4.19. The Labute approximate surface area is 144 Å². The molecule has 0 saturated heterocycles. The maximum atomic E-state index is 12.2. The summed E-state index contributed by atoms with van der Waals surface area (Å²) in [5.74, 6) is -2.01. The second kappa shape index (κ2) is 10.7. The molecule has 0 amide bonds. The van der Waals surface area contributed by atoms with Crippen molar-refractivity contribution in [3.8, 4) is 5.75 Å². The molecule has 0 aromatic heterocycles. The van der Waals surface area contributed by atoms with Crippen LogP contribution in [0, 0.1) is 11.8 Å². The van der Waals surface area contributed by atoms with Gasteiger partial charge in [0.1, 0.15) is 5.75 Å². The lowest BCUT2D eigenvalue weighted by Gasteiger charge is -2.17. The van der Waals surface area contributed by atoms with Crippen LogP contribution in [0.25, 0.3) is 0 Å². The number of rotatable bonds is 11. The van der Waals surface area contributed by atoms with E-state index >= 15 is 0 Å². The van der Waals surface area contributed by atoms with Crippen LogP contribution in [0.5, 0.6) is 5.75 Å². The summed E-state index contributed by atoms with van der Waals surface area (Å²) in [6.07, 6.45) is 4.22. The summed E-state index contributed by atoms with van der Waals surface area (Å²) < 4.78 is 10.4. The van der Waals surface area contributed by atoms with Gasteiger partial charge in [0.05, 0.1) is 13.7 Å². The molecular formula is C19H28O5. The molecule has 1 aromatic rings. The van der Waals surface area contributed by atoms with Gasteiger partial charge in [0.2, 0.25) is 0 Å². The van der Waals surface area contributed by atoms with Crippen LogP contribution in [0.4, 0.5) is 0 Å². The van der Waals surface area contributed by atoms with E-state index in [4.69, 9.17) is 9.47 Å². The predicted molar refractivity (Wildman–Crippen MR) is 92.1 cm³/mol. The number of aliphatic carboxylic acids is 1. The van der Waals surface area contributed by atoms with E-state index < -0.39 is 17.9 Å². The molecule has 1 aromatic carbocycles. The molecule has 1 rings (SSSR count). The largest absolute Gasteiger partial charge is 0.497 e. The minimum absolute atomic E-state index is 0.115. The van der Waals surface area contributed by atoms with Crippen LogP contribution in [0.2, 0.25) is 0 Å². The van der Waals surface area contributed by atoms with E-state index in [1.54, 1.807) is 31.4 Å². The Hall–Kier alpha value is -2.04. The van der Waals surface area contributed by atoms with Crippen molar-refractivity contribution in [3.05, 3.63) is 29.8 Å². The first-order chi connectivity index (χ1) is 11.5. The maximum absolute atomic E-state index is 12.2. The van der Waals surface area contributed by atoms with Crippen LogP contribution in [-0.4, -0.2) is 30.8 Å². The van der Waals surface area contributed by atoms with E-state index in [-0.39, 0.29) is 6.42 Å². The summed E-state index contributed by atoms with van der Waals surface area (Å²) in [7, 11) is 1.56. The molecule has 0 bridgehead atoms. The zero-order valence-corrected chi connectivity index (χ0v) is 14.8. The highest BCUT2D eigenvalue weighted by Gasteiger charge is 2.28. The van der Waals surface area contributed by atoms with Gasteiger partial charge in [0, 0.05) is 0 Å². The zero-order valence-electron chi connectivity index (χ0n) is 14.8. The Kier molecular flexibility index (Phi) is 8.90. The molecule has 0 aliphatic heterocycles. The standard InChI is InChI=1S/C19H28O5/c1-4-6-7-14(5-2)13-24-19(22)17(18(20)21)12-15-8-10-16(23-3)11-9-15/h8-11,14,17H,4-7,12-13H2,1-3H3,(H,20,21). The topological polar surface area (TPSA) is 72.8 Å².